The number of amides is 1. The number of anilines is 1. The van der Waals surface area contributed by atoms with Gasteiger partial charge >= 0.3 is 0 Å². The first kappa shape index (κ1) is 24.3. The second-order valence-electron chi connectivity index (χ2n) is 8.02. The van der Waals surface area contributed by atoms with E-state index in [1.807, 2.05) is 0 Å². The fourth-order valence-electron chi connectivity index (χ4n) is 4.02. The Morgan fingerprint density at radius 1 is 1.26 bits per heavy atom. The van der Waals surface area contributed by atoms with Crippen LogP contribution in [0.2, 0.25) is 5.02 Å². The molecule has 3 heterocycles. The van der Waals surface area contributed by atoms with Crippen molar-refractivity contribution in [1.82, 2.24) is 19.7 Å². The first-order valence-corrected chi connectivity index (χ1v) is 10.9. The second kappa shape index (κ2) is 9.43. The van der Waals surface area contributed by atoms with Gasteiger partial charge in [0.15, 0.2) is 23.1 Å². The molecule has 4 rings (SSSR count). The van der Waals surface area contributed by atoms with Crippen LogP contribution in [0.15, 0.2) is 24.4 Å². The van der Waals surface area contributed by atoms with Crippen molar-refractivity contribution in [3.8, 4) is 23.3 Å². The molecular weight excluding hydrogens is 480 g/mol. The number of methoxy groups -OCH3 is 2. The fraction of sp³-hybridized carbons (Fsp3) is 0.292. The maximum absolute atomic E-state index is 14.8. The van der Waals surface area contributed by atoms with Gasteiger partial charge in [0.1, 0.15) is 17.1 Å². The van der Waals surface area contributed by atoms with Crippen molar-refractivity contribution in [2.24, 2.45) is 0 Å². The summed E-state index contributed by atoms with van der Waals surface area (Å²) in [7, 11) is 2.50. The number of pyridine rings is 1. The van der Waals surface area contributed by atoms with Crippen molar-refractivity contribution in [3.05, 3.63) is 52.3 Å². The van der Waals surface area contributed by atoms with E-state index in [0.717, 1.165) is 6.07 Å². The van der Waals surface area contributed by atoms with Crippen molar-refractivity contribution < 1.29 is 23.0 Å². The summed E-state index contributed by atoms with van der Waals surface area (Å²) in [5, 5.41) is 5.19. The number of nitrogens with zero attached hydrogens (tertiary/aromatic N) is 4. The summed E-state index contributed by atoms with van der Waals surface area (Å²) in [5.41, 5.74) is 6.62. The van der Waals surface area contributed by atoms with Gasteiger partial charge in [0, 0.05) is 24.7 Å². The highest BCUT2D eigenvalue weighted by molar-refractivity contribution is 6.35. The molecule has 0 saturated carbocycles. The number of carbonyl (C=O) groups is 1. The number of fused-ring (bicyclic) bond motifs is 1. The molecule has 0 spiro atoms. The lowest BCUT2D eigenvalue weighted by atomic mass is 10.1. The molecule has 2 aromatic heterocycles. The first-order chi connectivity index (χ1) is 16.7. The Morgan fingerprint density at radius 3 is 2.51 bits per heavy atom. The minimum Gasteiger partial charge on any atom is -0.493 e. The molecule has 0 bridgehead atoms. The highest BCUT2D eigenvalue weighted by atomic mass is 35.5. The van der Waals surface area contributed by atoms with E-state index >= 15 is 0 Å². The lowest BCUT2D eigenvalue weighted by Crippen LogP contribution is -2.29. The van der Waals surface area contributed by atoms with Crippen LogP contribution in [0.5, 0.6) is 11.5 Å². The van der Waals surface area contributed by atoms with E-state index in [1.54, 1.807) is 16.5 Å². The fourth-order valence-corrected chi connectivity index (χ4v) is 4.25. The summed E-state index contributed by atoms with van der Waals surface area (Å²) in [5.74, 6) is 2.77. The van der Waals surface area contributed by atoms with Gasteiger partial charge in [0.2, 0.25) is 5.91 Å². The number of carbonyl (C=O) groups excluding carboxylic acids is 1. The van der Waals surface area contributed by atoms with Crippen LogP contribution in [0.1, 0.15) is 30.6 Å². The maximum atomic E-state index is 14.8. The van der Waals surface area contributed by atoms with E-state index in [9.17, 15) is 13.6 Å². The zero-order valence-corrected chi connectivity index (χ0v) is 20.0. The van der Waals surface area contributed by atoms with Crippen LogP contribution in [0.25, 0.3) is 10.9 Å². The molecule has 1 atom stereocenters. The van der Waals surface area contributed by atoms with Crippen molar-refractivity contribution >= 4 is 34.2 Å². The highest BCUT2D eigenvalue weighted by Gasteiger charge is 2.31. The zero-order chi connectivity index (χ0) is 25.4. The number of ether oxygens (including phenoxy) is 2. The Morgan fingerprint density at radius 2 is 1.91 bits per heavy atom. The molecule has 1 saturated heterocycles. The topological polar surface area (TPSA) is 95.5 Å². The van der Waals surface area contributed by atoms with Gasteiger partial charge in [-0.3, -0.25) is 9.48 Å². The van der Waals surface area contributed by atoms with Crippen molar-refractivity contribution in [3.63, 3.8) is 0 Å². The van der Waals surface area contributed by atoms with Gasteiger partial charge in [0.25, 0.3) is 0 Å². The maximum Gasteiger partial charge on any atom is 0.248 e. The SMILES string of the molecule is C=C(C)C(=O)N1CC[C@H](n2nc(C#Cc3c(F)c(OC)cc(OC)c3F)c3c(N)ncc(Cl)c32)C1. The number of benzene rings is 1. The first-order valence-electron chi connectivity index (χ1n) is 10.6. The zero-order valence-electron chi connectivity index (χ0n) is 19.3. The van der Waals surface area contributed by atoms with E-state index in [2.05, 4.69) is 28.5 Å². The van der Waals surface area contributed by atoms with Crippen LogP contribution in [0.4, 0.5) is 14.6 Å². The van der Waals surface area contributed by atoms with Crippen molar-refractivity contribution in [2.45, 2.75) is 19.4 Å². The van der Waals surface area contributed by atoms with Crippen LogP contribution < -0.4 is 15.2 Å². The number of likely N-dealkylation sites (tertiary alicyclic amines) is 1. The predicted octanol–water partition coefficient (Wildman–Crippen LogP) is 3.71. The lowest BCUT2D eigenvalue weighted by molar-refractivity contribution is -0.126. The Kier molecular flexibility index (Phi) is 6.54. The molecule has 1 aliphatic rings. The number of hydrogen-bond acceptors (Lipinski definition) is 6. The summed E-state index contributed by atoms with van der Waals surface area (Å²) in [6.45, 7) is 6.26. The third kappa shape index (κ3) is 4.23. The van der Waals surface area contributed by atoms with Crippen LogP contribution in [-0.4, -0.2) is 52.9 Å². The van der Waals surface area contributed by atoms with Gasteiger partial charge in [-0.05, 0) is 19.3 Å². The molecule has 1 aliphatic heterocycles. The molecule has 3 aromatic rings. The Labute approximate surface area is 205 Å². The quantitative estimate of drug-likeness (QED) is 0.432. The molecule has 2 N–H and O–H groups in total. The summed E-state index contributed by atoms with van der Waals surface area (Å²) in [4.78, 5) is 18.1. The number of nitrogens with two attached hydrogens (primary N) is 1. The molecule has 11 heteroatoms. The minimum atomic E-state index is -0.976. The smallest absolute Gasteiger partial charge is 0.248 e. The summed E-state index contributed by atoms with van der Waals surface area (Å²) in [6.07, 6.45) is 2.00. The molecule has 182 valence electrons. The molecule has 0 aliphatic carbocycles. The molecule has 0 radical (unpaired) electrons. The molecule has 0 unspecified atom stereocenters. The molecule has 8 nitrogen and oxygen atoms in total. The standard InChI is InChI=1S/C24H22ClF2N5O3/c1-12(2)24(33)31-8-7-13(11-31)32-22-15(25)10-29-23(28)19(22)16(30-32)6-5-14-20(26)17(34-3)9-18(35-4)21(14)27/h9-10,13H,1,7-8,11H2,2-4H3,(H2,28,29)/t13-/m0/s1. The number of nitrogen functional groups attached to an aromatic ring is 1. The molecule has 35 heavy (non-hydrogen) atoms. The van der Waals surface area contributed by atoms with E-state index in [0.29, 0.717) is 36.0 Å². The number of aromatic nitrogens is 3. The van der Waals surface area contributed by atoms with Crippen LogP contribution in [0, 0.1) is 23.5 Å². The predicted molar refractivity (Wildman–Crippen MR) is 127 cm³/mol. The third-order valence-electron chi connectivity index (χ3n) is 5.75. The highest BCUT2D eigenvalue weighted by Crippen LogP contribution is 2.35. The average molecular weight is 502 g/mol. The van der Waals surface area contributed by atoms with E-state index in [-0.39, 0.29) is 40.0 Å². The van der Waals surface area contributed by atoms with Gasteiger partial charge in [0.05, 0.1) is 42.4 Å². The number of rotatable bonds is 4. The van der Waals surface area contributed by atoms with Gasteiger partial charge < -0.3 is 20.1 Å². The normalized spacial score (nSPS) is 15.1. The second-order valence-corrected chi connectivity index (χ2v) is 8.42. The van der Waals surface area contributed by atoms with Gasteiger partial charge in [-0.15, -0.1) is 0 Å². The number of halogens is 3. The van der Waals surface area contributed by atoms with E-state index in [1.165, 1.54) is 20.4 Å². The average Bonchev–Trinajstić information content (AvgIpc) is 3.47. The van der Waals surface area contributed by atoms with Crippen LogP contribution >= 0.6 is 11.6 Å². The van der Waals surface area contributed by atoms with E-state index < -0.39 is 17.2 Å². The van der Waals surface area contributed by atoms with E-state index in [4.69, 9.17) is 26.8 Å². The van der Waals surface area contributed by atoms with Gasteiger partial charge in [-0.2, -0.15) is 5.10 Å². The summed E-state index contributed by atoms with van der Waals surface area (Å²) < 4.78 is 41.2. The Bertz CT molecular complexity index is 1400. The molecule has 1 aromatic carbocycles. The minimum absolute atomic E-state index is 0.108. The van der Waals surface area contributed by atoms with Crippen molar-refractivity contribution in [1.29, 1.82) is 0 Å². The van der Waals surface area contributed by atoms with Crippen molar-refractivity contribution in [2.75, 3.05) is 33.0 Å². The molecule has 1 amide bonds. The lowest BCUT2D eigenvalue weighted by Gasteiger charge is -2.17. The summed E-state index contributed by atoms with van der Waals surface area (Å²) in [6, 6.07) is 0.876. The Balaban J connectivity index is 1.84. The molecule has 1 fully saturated rings. The van der Waals surface area contributed by atoms with Gasteiger partial charge in [-0.25, -0.2) is 13.8 Å². The van der Waals surface area contributed by atoms with Crippen LogP contribution in [0.3, 0.4) is 0 Å². The summed E-state index contributed by atoms with van der Waals surface area (Å²) >= 11 is 6.45. The third-order valence-corrected chi connectivity index (χ3v) is 6.03. The molecular formula is C24H22ClF2N5O3. The Hall–Kier alpha value is -3.84. The van der Waals surface area contributed by atoms with Gasteiger partial charge in [-0.1, -0.05) is 24.1 Å². The number of hydrogen-bond donors (Lipinski definition) is 1. The van der Waals surface area contributed by atoms with Crippen LogP contribution in [-0.2, 0) is 4.79 Å². The monoisotopic (exact) mass is 501 g/mol. The largest absolute Gasteiger partial charge is 0.493 e.